The Hall–Kier alpha value is 0.527. The first kappa shape index (κ1) is 11.6. The zero-order valence-electron chi connectivity index (χ0n) is 8.83. The zero-order valence-corrected chi connectivity index (χ0v) is 10.9. The maximum Gasteiger partial charge on any atom is 0.0689 e. The number of thiol groups is 1. The van der Waals surface area contributed by atoms with Crippen LogP contribution in [0.15, 0.2) is 0 Å². The van der Waals surface area contributed by atoms with Gasteiger partial charge in [0.15, 0.2) is 0 Å². The van der Waals surface area contributed by atoms with Crippen LogP contribution in [0.1, 0.15) is 26.2 Å². The van der Waals surface area contributed by atoms with Gasteiger partial charge >= 0.3 is 0 Å². The Morgan fingerprint density at radius 1 is 1.54 bits per heavy atom. The minimum absolute atomic E-state index is 0.630. The fourth-order valence-electron chi connectivity index (χ4n) is 2.08. The zero-order chi connectivity index (χ0) is 9.68. The van der Waals surface area contributed by atoms with Crippen LogP contribution in [0.4, 0.5) is 0 Å². The second-order valence-electron chi connectivity index (χ2n) is 4.41. The Morgan fingerprint density at radius 3 is 2.85 bits per heavy atom. The van der Waals surface area contributed by atoms with E-state index in [9.17, 15) is 0 Å². The van der Waals surface area contributed by atoms with E-state index in [1.54, 1.807) is 0 Å². The Kier molecular flexibility index (Phi) is 5.44. The van der Waals surface area contributed by atoms with E-state index < -0.39 is 8.80 Å². The summed E-state index contributed by atoms with van der Waals surface area (Å²) in [5.41, 5.74) is 0.663. The van der Waals surface area contributed by atoms with E-state index in [0.717, 1.165) is 18.3 Å². The summed E-state index contributed by atoms with van der Waals surface area (Å²) in [7, 11) is -0.630. The molecule has 0 aromatic rings. The van der Waals surface area contributed by atoms with Crippen molar-refractivity contribution in [3.8, 4) is 0 Å². The SMILES string of the molecule is CC(CS)C[SiH](C)C1CCCCO1. The molecule has 0 bridgehead atoms. The van der Waals surface area contributed by atoms with Gasteiger partial charge in [-0.2, -0.15) is 12.6 Å². The number of ether oxygens (including phenoxy) is 1. The van der Waals surface area contributed by atoms with Crippen LogP contribution in [0, 0.1) is 5.92 Å². The van der Waals surface area contributed by atoms with Gasteiger partial charge in [0.05, 0.1) is 8.80 Å². The first-order chi connectivity index (χ1) is 6.24. The highest BCUT2D eigenvalue weighted by atomic mass is 32.1. The molecule has 0 saturated carbocycles. The molecule has 1 nitrogen and oxygen atoms in total. The maximum absolute atomic E-state index is 5.82. The summed E-state index contributed by atoms with van der Waals surface area (Å²) in [4.78, 5) is 0. The molecule has 1 aliphatic rings. The molecule has 78 valence electrons. The van der Waals surface area contributed by atoms with Gasteiger partial charge in [-0.3, -0.25) is 0 Å². The monoisotopic (exact) mass is 218 g/mol. The third kappa shape index (κ3) is 4.04. The Morgan fingerprint density at radius 2 is 2.31 bits per heavy atom. The van der Waals surface area contributed by atoms with Crippen LogP contribution in [0.2, 0.25) is 12.6 Å². The summed E-state index contributed by atoms with van der Waals surface area (Å²) in [5, 5.41) is 0. The van der Waals surface area contributed by atoms with Crippen molar-refractivity contribution in [2.24, 2.45) is 5.92 Å². The van der Waals surface area contributed by atoms with Crippen LogP contribution in [-0.4, -0.2) is 26.9 Å². The molecule has 1 saturated heterocycles. The summed E-state index contributed by atoms with van der Waals surface area (Å²) in [6.07, 6.45) is 3.99. The fourth-order valence-corrected chi connectivity index (χ4v) is 5.51. The van der Waals surface area contributed by atoms with Crippen LogP contribution >= 0.6 is 12.6 Å². The molecule has 13 heavy (non-hydrogen) atoms. The van der Waals surface area contributed by atoms with Crippen molar-refractivity contribution in [2.45, 2.75) is 44.5 Å². The molecular weight excluding hydrogens is 196 g/mol. The number of hydrogen-bond donors (Lipinski definition) is 1. The predicted octanol–water partition coefficient (Wildman–Crippen LogP) is 2.52. The number of rotatable bonds is 4. The second-order valence-corrected chi connectivity index (χ2v) is 7.94. The molecule has 1 rings (SSSR count). The van der Waals surface area contributed by atoms with Gasteiger partial charge < -0.3 is 4.74 Å². The standard InChI is InChI=1S/C10H22OSSi/c1-9(7-12)8-13(2)10-5-3-4-6-11-10/h9-10,12-13H,3-8H2,1-2H3. The molecule has 0 aromatic heterocycles. The maximum atomic E-state index is 5.82. The average molecular weight is 218 g/mol. The Balaban J connectivity index is 2.24. The number of hydrogen-bond acceptors (Lipinski definition) is 2. The van der Waals surface area contributed by atoms with Crippen molar-refractivity contribution in [3.05, 3.63) is 0 Å². The first-order valence-corrected chi connectivity index (χ1v) is 8.73. The van der Waals surface area contributed by atoms with E-state index in [0.29, 0.717) is 5.73 Å². The quantitative estimate of drug-likeness (QED) is 0.563. The van der Waals surface area contributed by atoms with Gasteiger partial charge in [0, 0.05) is 12.3 Å². The third-order valence-electron chi connectivity index (χ3n) is 2.94. The lowest BCUT2D eigenvalue weighted by Crippen LogP contribution is -2.35. The van der Waals surface area contributed by atoms with Gasteiger partial charge in [0.25, 0.3) is 0 Å². The van der Waals surface area contributed by atoms with E-state index in [4.69, 9.17) is 4.74 Å². The summed E-state index contributed by atoms with van der Waals surface area (Å²) in [6, 6.07) is 1.40. The minimum atomic E-state index is -0.630. The van der Waals surface area contributed by atoms with Crippen molar-refractivity contribution >= 4 is 21.4 Å². The Bertz CT molecular complexity index is 137. The largest absolute Gasteiger partial charge is 0.382 e. The summed E-state index contributed by atoms with van der Waals surface area (Å²) in [6.45, 7) is 5.77. The van der Waals surface area contributed by atoms with Crippen molar-refractivity contribution in [3.63, 3.8) is 0 Å². The van der Waals surface area contributed by atoms with E-state index >= 15 is 0 Å². The van der Waals surface area contributed by atoms with Crippen LogP contribution in [0.3, 0.4) is 0 Å². The van der Waals surface area contributed by atoms with E-state index in [1.807, 2.05) is 0 Å². The van der Waals surface area contributed by atoms with Gasteiger partial charge in [0.2, 0.25) is 0 Å². The molecule has 0 spiro atoms. The second kappa shape index (κ2) is 6.09. The van der Waals surface area contributed by atoms with Crippen molar-refractivity contribution in [1.29, 1.82) is 0 Å². The van der Waals surface area contributed by atoms with Crippen LogP contribution < -0.4 is 0 Å². The minimum Gasteiger partial charge on any atom is -0.382 e. The molecule has 0 N–H and O–H groups in total. The molecule has 0 radical (unpaired) electrons. The molecule has 1 aliphatic heterocycles. The molecule has 3 heteroatoms. The van der Waals surface area contributed by atoms with Gasteiger partial charge in [-0.15, -0.1) is 0 Å². The average Bonchev–Trinajstić information content (AvgIpc) is 2.19. The van der Waals surface area contributed by atoms with Crippen molar-refractivity contribution in [2.75, 3.05) is 12.4 Å². The molecule has 0 aliphatic carbocycles. The fraction of sp³-hybridized carbons (Fsp3) is 1.00. The molecule has 3 atom stereocenters. The highest BCUT2D eigenvalue weighted by molar-refractivity contribution is 7.80. The highest BCUT2D eigenvalue weighted by Gasteiger charge is 2.22. The topological polar surface area (TPSA) is 9.23 Å². The molecule has 0 aromatic carbocycles. The van der Waals surface area contributed by atoms with Crippen LogP contribution in [0.5, 0.6) is 0 Å². The summed E-state index contributed by atoms with van der Waals surface area (Å²) in [5.74, 6) is 1.82. The molecule has 3 unspecified atom stereocenters. The van der Waals surface area contributed by atoms with Crippen molar-refractivity contribution < 1.29 is 4.74 Å². The van der Waals surface area contributed by atoms with Gasteiger partial charge in [0.1, 0.15) is 0 Å². The first-order valence-electron chi connectivity index (χ1n) is 5.46. The van der Waals surface area contributed by atoms with Gasteiger partial charge in [-0.25, -0.2) is 0 Å². The predicted molar refractivity (Wildman–Crippen MR) is 64.4 cm³/mol. The molecule has 1 heterocycles. The smallest absolute Gasteiger partial charge is 0.0689 e. The summed E-state index contributed by atoms with van der Waals surface area (Å²) >= 11 is 4.34. The normalized spacial score (nSPS) is 28.4. The van der Waals surface area contributed by atoms with Crippen LogP contribution in [-0.2, 0) is 4.74 Å². The summed E-state index contributed by atoms with van der Waals surface area (Å²) < 4.78 is 5.82. The van der Waals surface area contributed by atoms with E-state index in [1.165, 1.54) is 25.3 Å². The lowest BCUT2D eigenvalue weighted by Gasteiger charge is -2.28. The molecule has 1 fully saturated rings. The van der Waals surface area contributed by atoms with Crippen LogP contribution in [0.25, 0.3) is 0 Å². The lowest BCUT2D eigenvalue weighted by atomic mass is 10.2. The highest BCUT2D eigenvalue weighted by Crippen LogP contribution is 2.20. The van der Waals surface area contributed by atoms with Gasteiger partial charge in [-0.1, -0.05) is 19.5 Å². The molecular formula is C10H22OSSi. The lowest BCUT2D eigenvalue weighted by molar-refractivity contribution is 0.0623. The van der Waals surface area contributed by atoms with E-state index in [-0.39, 0.29) is 0 Å². The Labute approximate surface area is 89.3 Å². The van der Waals surface area contributed by atoms with E-state index in [2.05, 4.69) is 26.1 Å². The van der Waals surface area contributed by atoms with Gasteiger partial charge in [-0.05, 0) is 30.9 Å². The van der Waals surface area contributed by atoms with Crippen molar-refractivity contribution in [1.82, 2.24) is 0 Å². The molecule has 0 amide bonds. The third-order valence-corrected chi connectivity index (χ3v) is 6.90.